The zero-order valence-electron chi connectivity index (χ0n) is 11.1. The largest absolute Gasteiger partial charge is 0.398 e. The SMILES string of the molecule is N#Cc1ccc(NCCCN2CCOCC2)cc1N. The predicted octanol–water partition coefficient (Wildman–Crippen LogP) is 1.27. The molecule has 1 aromatic carbocycles. The highest BCUT2D eigenvalue weighted by Gasteiger charge is 2.09. The van der Waals surface area contributed by atoms with Gasteiger partial charge in [0.25, 0.3) is 0 Å². The lowest BCUT2D eigenvalue weighted by Gasteiger charge is -2.26. The average Bonchev–Trinajstić information content (AvgIpc) is 2.45. The molecular weight excluding hydrogens is 240 g/mol. The standard InChI is InChI=1S/C14H20N4O/c15-11-12-2-3-13(10-14(12)16)17-4-1-5-18-6-8-19-9-7-18/h2-3,10,17H,1,4-9,16H2. The second kappa shape index (κ2) is 6.98. The summed E-state index contributed by atoms with van der Waals surface area (Å²) in [5.74, 6) is 0. The van der Waals surface area contributed by atoms with Crippen LogP contribution in [0.5, 0.6) is 0 Å². The number of nitrogens with two attached hydrogens (primary N) is 1. The second-order valence-electron chi connectivity index (χ2n) is 4.65. The number of nitriles is 1. The molecule has 1 saturated heterocycles. The molecule has 1 aliphatic heterocycles. The first-order valence-electron chi connectivity index (χ1n) is 6.63. The number of hydrogen-bond donors (Lipinski definition) is 2. The lowest BCUT2D eigenvalue weighted by molar-refractivity contribution is 0.0378. The number of anilines is 2. The van der Waals surface area contributed by atoms with Crippen LogP contribution < -0.4 is 11.1 Å². The Morgan fingerprint density at radius 1 is 1.37 bits per heavy atom. The molecule has 1 aromatic rings. The van der Waals surface area contributed by atoms with Crippen molar-refractivity contribution in [3.63, 3.8) is 0 Å². The van der Waals surface area contributed by atoms with Crippen molar-refractivity contribution in [3.8, 4) is 6.07 Å². The van der Waals surface area contributed by atoms with Gasteiger partial charge >= 0.3 is 0 Å². The van der Waals surface area contributed by atoms with Gasteiger partial charge in [0, 0.05) is 25.3 Å². The molecule has 1 fully saturated rings. The molecular formula is C14H20N4O. The molecule has 0 atom stereocenters. The fourth-order valence-corrected chi connectivity index (χ4v) is 2.13. The van der Waals surface area contributed by atoms with Gasteiger partial charge in [-0.3, -0.25) is 4.90 Å². The monoisotopic (exact) mass is 260 g/mol. The molecule has 0 unspecified atom stereocenters. The maximum Gasteiger partial charge on any atom is 0.101 e. The van der Waals surface area contributed by atoms with Crippen molar-refractivity contribution in [2.75, 3.05) is 50.4 Å². The molecule has 5 heteroatoms. The highest BCUT2D eigenvalue weighted by Crippen LogP contribution is 2.16. The first-order valence-corrected chi connectivity index (χ1v) is 6.63. The van der Waals surface area contributed by atoms with Crippen molar-refractivity contribution >= 4 is 11.4 Å². The number of benzene rings is 1. The minimum absolute atomic E-state index is 0.527. The fourth-order valence-electron chi connectivity index (χ4n) is 2.13. The maximum absolute atomic E-state index is 8.80. The summed E-state index contributed by atoms with van der Waals surface area (Å²) in [6.07, 6.45) is 1.08. The number of ether oxygens (including phenoxy) is 1. The van der Waals surface area contributed by atoms with E-state index in [0.29, 0.717) is 11.3 Å². The van der Waals surface area contributed by atoms with Crippen molar-refractivity contribution in [1.29, 1.82) is 5.26 Å². The van der Waals surface area contributed by atoms with Gasteiger partial charge in [-0.25, -0.2) is 0 Å². The third-order valence-electron chi connectivity index (χ3n) is 3.26. The number of morpholine rings is 1. The number of nitrogen functional groups attached to an aromatic ring is 1. The lowest BCUT2D eigenvalue weighted by atomic mass is 10.2. The summed E-state index contributed by atoms with van der Waals surface area (Å²) >= 11 is 0. The summed E-state index contributed by atoms with van der Waals surface area (Å²) in [5.41, 5.74) is 7.79. The third kappa shape index (κ3) is 4.12. The zero-order valence-corrected chi connectivity index (χ0v) is 11.1. The quantitative estimate of drug-likeness (QED) is 0.616. The van der Waals surface area contributed by atoms with Crippen LogP contribution in [0, 0.1) is 11.3 Å². The predicted molar refractivity (Wildman–Crippen MR) is 75.9 cm³/mol. The molecule has 3 N–H and O–H groups in total. The minimum atomic E-state index is 0.527. The summed E-state index contributed by atoms with van der Waals surface area (Å²) in [7, 11) is 0. The van der Waals surface area contributed by atoms with Gasteiger partial charge in [0.2, 0.25) is 0 Å². The number of rotatable bonds is 5. The van der Waals surface area contributed by atoms with Crippen LogP contribution >= 0.6 is 0 Å². The Morgan fingerprint density at radius 2 is 2.16 bits per heavy atom. The number of nitrogens with zero attached hydrogens (tertiary/aromatic N) is 2. The van der Waals surface area contributed by atoms with Crippen LogP contribution in [0.1, 0.15) is 12.0 Å². The molecule has 0 saturated carbocycles. The van der Waals surface area contributed by atoms with Gasteiger partial charge < -0.3 is 15.8 Å². The van der Waals surface area contributed by atoms with E-state index >= 15 is 0 Å². The molecule has 5 nitrogen and oxygen atoms in total. The molecule has 1 heterocycles. The van der Waals surface area contributed by atoms with Gasteiger partial charge in [-0.15, -0.1) is 0 Å². The Balaban J connectivity index is 1.70. The Labute approximate surface area is 114 Å². The van der Waals surface area contributed by atoms with E-state index in [4.69, 9.17) is 15.7 Å². The van der Waals surface area contributed by atoms with Crippen molar-refractivity contribution in [2.24, 2.45) is 0 Å². The van der Waals surface area contributed by atoms with Gasteiger partial charge in [-0.1, -0.05) is 0 Å². The topological polar surface area (TPSA) is 74.3 Å². The van der Waals surface area contributed by atoms with Crippen molar-refractivity contribution in [3.05, 3.63) is 23.8 Å². The first-order chi connectivity index (χ1) is 9.29. The second-order valence-corrected chi connectivity index (χ2v) is 4.65. The molecule has 102 valence electrons. The third-order valence-corrected chi connectivity index (χ3v) is 3.26. The van der Waals surface area contributed by atoms with E-state index < -0.39 is 0 Å². The van der Waals surface area contributed by atoms with Crippen LogP contribution in [0.3, 0.4) is 0 Å². The Morgan fingerprint density at radius 3 is 2.84 bits per heavy atom. The smallest absolute Gasteiger partial charge is 0.101 e. The van der Waals surface area contributed by atoms with Crippen LogP contribution in [-0.4, -0.2) is 44.3 Å². The van der Waals surface area contributed by atoms with Crippen LogP contribution in [-0.2, 0) is 4.74 Å². The van der Waals surface area contributed by atoms with Gasteiger partial charge in [-0.2, -0.15) is 5.26 Å². The Kier molecular flexibility index (Phi) is 5.01. The molecule has 19 heavy (non-hydrogen) atoms. The normalized spacial score (nSPS) is 15.9. The van der Waals surface area contributed by atoms with Crippen LogP contribution in [0.15, 0.2) is 18.2 Å². The highest BCUT2D eigenvalue weighted by atomic mass is 16.5. The summed E-state index contributed by atoms with van der Waals surface area (Å²) in [4.78, 5) is 2.42. The number of hydrogen-bond acceptors (Lipinski definition) is 5. The fraction of sp³-hybridized carbons (Fsp3) is 0.500. The van der Waals surface area contributed by atoms with E-state index in [1.165, 1.54) is 0 Å². The van der Waals surface area contributed by atoms with Crippen molar-refractivity contribution in [2.45, 2.75) is 6.42 Å². The minimum Gasteiger partial charge on any atom is -0.398 e. The zero-order chi connectivity index (χ0) is 13.5. The van der Waals surface area contributed by atoms with E-state index in [1.54, 1.807) is 6.07 Å². The molecule has 0 radical (unpaired) electrons. The number of nitrogens with one attached hydrogen (secondary N) is 1. The molecule has 0 aromatic heterocycles. The molecule has 0 spiro atoms. The van der Waals surface area contributed by atoms with Gasteiger partial charge in [-0.05, 0) is 31.2 Å². The maximum atomic E-state index is 8.80. The van der Waals surface area contributed by atoms with Gasteiger partial charge in [0.1, 0.15) is 6.07 Å². The molecule has 0 bridgehead atoms. The Bertz CT molecular complexity index is 449. The van der Waals surface area contributed by atoms with Crippen LogP contribution in [0.2, 0.25) is 0 Å². The van der Waals surface area contributed by atoms with E-state index in [1.807, 2.05) is 12.1 Å². The van der Waals surface area contributed by atoms with Crippen LogP contribution in [0.25, 0.3) is 0 Å². The summed E-state index contributed by atoms with van der Waals surface area (Å²) in [6.45, 7) is 5.75. The van der Waals surface area contributed by atoms with E-state index in [2.05, 4.69) is 16.3 Å². The van der Waals surface area contributed by atoms with Gasteiger partial charge in [0.05, 0.1) is 24.5 Å². The Hall–Kier alpha value is -1.77. The van der Waals surface area contributed by atoms with Crippen molar-refractivity contribution in [1.82, 2.24) is 4.90 Å². The average molecular weight is 260 g/mol. The van der Waals surface area contributed by atoms with E-state index in [-0.39, 0.29) is 0 Å². The van der Waals surface area contributed by atoms with Crippen LogP contribution in [0.4, 0.5) is 11.4 Å². The molecule has 0 aliphatic carbocycles. The molecule has 0 amide bonds. The summed E-state index contributed by atoms with van der Waals surface area (Å²) < 4.78 is 5.31. The first kappa shape index (κ1) is 13.7. The lowest BCUT2D eigenvalue weighted by Crippen LogP contribution is -2.37. The van der Waals surface area contributed by atoms with E-state index in [9.17, 15) is 0 Å². The summed E-state index contributed by atoms with van der Waals surface area (Å²) in [6, 6.07) is 7.52. The summed E-state index contributed by atoms with van der Waals surface area (Å²) in [5, 5.41) is 12.1. The highest BCUT2D eigenvalue weighted by molar-refractivity contribution is 5.62. The molecule has 2 rings (SSSR count). The van der Waals surface area contributed by atoms with Crippen molar-refractivity contribution < 1.29 is 4.74 Å². The van der Waals surface area contributed by atoms with E-state index in [0.717, 1.165) is 51.5 Å². The van der Waals surface area contributed by atoms with Gasteiger partial charge in [0.15, 0.2) is 0 Å². The molecule has 1 aliphatic rings.